The van der Waals surface area contributed by atoms with Crippen LogP contribution in [-0.4, -0.2) is 13.0 Å². The number of rotatable bonds is 11. The van der Waals surface area contributed by atoms with Gasteiger partial charge in [0, 0.05) is 5.92 Å². The molecule has 1 aromatic heterocycles. The van der Waals surface area contributed by atoms with Crippen molar-refractivity contribution in [2.24, 2.45) is 0 Å². The first-order valence-corrected chi connectivity index (χ1v) is 9.46. The molecule has 0 saturated carbocycles. The predicted molar refractivity (Wildman–Crippen MR) is 84.2 cm³/mol. The van der Waals surface area contributed by atoms with Crippen molar-refractivity contribution in [1.29, 1.82) is 0 Å². The van der Waals surface area contributed by atoms with E-state index >= 15 is 0 Å². The summed E-state index contributed by atoms with van der Waals surface area (Å²) in [6, 6.07) is 2.95. The fourth-order valence-corrected chi connectivity index (χ4v) is 2.91. The molecule has 0 radical (unpaired) electrons. The van der Waals surface area contributed by atoms with Crippen LogP contribution in [0.4, 0.5) is 0 Å². The monoisotopic (exact) mass is 316 g/mol. The van der Waals surface area contributed by atoms with E-state index in [2.05, 4.69) is 6.92 Å². The number of unbranched alkanes of at least 4 members (excludes halogenated alkanes) is 7. The van der Waals surface area contributed by atoms with Crippen LogP contribution in [0.2, 0.25) is 0 Å². The molecule has 1 unspecified atom stereocenters. The lowest BCUT2D eigenvalue weighted by molar-refractivity contribution is 0.364. The summed E-state index contributed by atoms with van der Waals surface area (Å²) in [5, 5.41) is -0.361. The maximum Gasteiger partial charge on any atom is 0.328 e. The third kappa shape index (κ3) is 7.14. The van der Waals surface area contributed by atoms with Crippen molar-refractivity contribution in [2.45, 2.75) is 82.6 Å². The smallest absolute Gasteiger partial charge is 0.328 e. The lowest BCUT2D eigenvalue weighted by atomic mass is 9.99. The van der Waals surface area contributed by atoms with Crippen molar-refractivity contribution in [1.82, 2.24) is 0 Å². The Balaban J connectivity index is 2.19. The van der Waals surface area contributed by atoms with Gasteiger partial charge < -0.3 is 4.42 Å². The summed E-state index contributed by atoms with van der Waals surface area (Å²) in [5.41, 5.74) is 0. The second kappa shape index (κ2) is 9.26. The number of hydrogen-bond donors (Lipinski definition) is 1. The molecule has 0 aliphatic rings. The summed E-state index contributed by atoms with van der Waals surface area (Å²) >= 11 is 0. The van der Waals surface area contributed by atoms with Crippen LogP contribution in [0, 0.1) is 0 Å². The normalized spacial score (nSPS) is 13.5. The van der Waals surface area contributed by atoms with E-state index < -0.39 is 10.1 Å². The van der Waals surface area contributed by atoms with E-state index in [1.54, 1.807) is 6.07 Å². The van der Waals surface area contributed by atoms with Gasteiger partial charge in [0.05, 0.1) is 0 Å². The topological polar surface area (TPSA) is 67.5 Å². The Morgan fingerprint density at radius 2 is 1.62 bits per heavy atom. The van der Waals surface area contributed by atoms with E-state index in [-0.39, 0.29) is 11.0 Å². The largest absolute Gasteiger partial charge is 0.447 e. The Labute approximate surface area is 128 Å². The first-order valence-electron chi connectivity index (χ1n) is 8.02. The average molecular weight is 316 g/mol. The summed E-state index contributed by atoms with van der Waals surface area (Å²) in [6.45, 7) is 4.25. The molecule has 1 aromatic rings. The van der Waals surface area contributed by atoms with E-state index in [0.717, 1.165) is 12.8 Å². The van der Waals surface area contributed by atoms with Gasteiger partial charge in [0.15, 0.2) is 0 Å². The highest BCUT2D eigenvalue weighted by molar-refractivity contribution is 7.85. The van der Waals surface area contributed by atoms with E-state index in [9.17, 15) is 8.42 Å². The van der Waals surface area contributed by atoms with Gasteiger partial charge in [-0.1, -0.05) is 65.2 Å². The van der Waals surface area contributed by atoms with E-state index in [4.69, 9.17) is 8.97 Å². The molecule has 0 amide bonds. The molecule has 1 atom stereocenters. The van der Waals surface area contributed by atoms with E-state index in [0.29, 0.717) is 5.76 Å². The Bertz CT molecular complexity index is 490. The molecule has 0 aromatic carbocycles. The van der Waals surface area contributed by atoms with Crippen molar-refractivity contribution in [3.63, 3.8) is 0 Å². The molecule has 1 heterocycles. The van der Waals surface area contributed by atoms with Gasteiger partial charge in [-0.25, -0.2) is 0 Å². The van der Waals surface area contributed by atoms with Gasteiger partial charge >= 0.3 is 10.1 Å². The lowest BCUT2D eigenvalue weighted by Crippen LogP contribution is -1.96. The average Bonchev–Trinajstić information content (AvgIpc) is 2.91. The van der Waals surface area contributed by atoms with Crippen molar-refractivity contribution < 1.29 is 17.4 Å². The highest BCUT2D eigenvalue weighted by Gasteiger charge is 2.17. The van der Waals surface area contributed by atoms with Crippen molar-refractivity contribution in [3.8, 4) is 0 Å². The molecule has 21 heavy (non-hydrogen) atoms. The standard InChI is InChI=1S/C16H28O4S/c1-3-4-5-6-7-8-9-10-11-14(2)15-12-13-16(20-15)21(17,18)19/h12-14H,3-11H2,1-2H3,(H,17,18,19). The fraction of sp³-hybridized carbons (Fsp3) is 0.750. The molecule has 0 aliphatic carbocycles. The maximum absolute atomic E-state index is 10.9. The molecule has 0 bridgehead atoms. The minimum atomic E-state index is -4.22. The number of hydrogen-bond acceptors (Lipinski definition) is 3. The summed E-state index contributed by atoms with van der Waals surface area (Å²) in [5.74, 6) is 0.811. The van der Waals surface area contributed by atoms with Crippen LogP contribution in [-0.2, 0) is 10.1 Å². The third-order valence-electron chi connectivity index (χ3n) is 3.83. The predicted octanol–water partition coefficient (Wildman–Crippen LogP) is 5.16. The molecule has 5 heteroatoms. The summed E-state index contributed by atoms with van der Waals surface area (Å²) in [6.07, 6.45) is 11.2. The minimum absolute atomic E-state index is 0.181. The second-order valence-corrected chi connectivity index (χ2v) is 7.15. The van der Waals surface area contributed by atoms with Crippen LogP contribution in [0.25, 0.3) is 0 Å². The quantitative estimate of drug-likeness (QED) is 0.452. The summed E-state index contributed by atoms with van der Waals surface area (Å²) in [4.78, 5) is 0. The zero-order valence-corrected chi connectivity index (χ0v) is 14.0. The third-order valence-corrected chi connectivity index (χ3v) is 4.56. The number of furan rings is 1. The first-order chi connectivity index (χ1) is 9.95. The van der Waals surface area contributed by atoms with Crippen LogP contribution in [0.3, 0.4) is 0 Å². The molecule has 0 spiro atoms. The molecular weight excluding hydrogens is 288 g/mol. The fourth-order valence-electron chi connectivity index (χ4n) is 2.46. The zero-order chi connectivity index (χ0) is 15.7. The second-order valence-electron chi connectivity index (χ2n) is 5.80. The molecule has 0 saturated heterocycles. The Morgan fingerprint density at radius 1 is 1.05 bits per heavy atom. The van der Waals surface area contributed by atoms with Crippen molar-refractivity contribution in [3.05, 3.63) is 17.9 Å². The molecular formula is C16H28O4S. The Kier molecular flexibility index (Phi) is 8.04. The molecule has 0 aliphatic heterocycles. The van der Waals surface area contributed by atoms with Gasteiger partial charge in [0.2, 0.25) is 5.09 Å². The van der Waals surface area contributed by atoms with Gasteiger partial charge in [-0.3, -0.25) is 4.55 Å². The lowest BCUT2D eigenvalue weighted by Gasteiger charge is -2.08. The maximum atomic E-state index is 10.9. The van der Waals surface area contributed by atoms with E-state index in [1.807, 2.05) is 6.92 Å². The molecule has 1 N–H and O–H groups in total. The minimum Gasteiger partial charge on any atom is -0.447 e. The van der Waals surface area contributed by atoms with Crippen LogP contribution in [0.1, 0.15) is 83.3 Å². The summed E-state index contributed by atoms with van der Waals surface area (Å²) < 4.78 is 36.0. The SMILES string of the molecule is CCCCCCCCCCC(C)c1ccc(S(=O)(=O)O)o1. The van der Waals surface area contributed by atoms with Crippen LogP contribution in [0.5, 0.6) is 0 Å². The highest BCUT2D eigenvalue weighted by Crippen LogP contribution is 2.25. The zero-order valence-electron chi connectivity index (χ0n) is 13.2. The van der Waals surface area contributed by atoms with Gasteiger partial charge in [0.1, 0.15) is 5.76 Å². The molecule has 1 rings (SSSR count). The van der Waals surface area contributed by atoms with Crippen LogP contribution in [0.15, 0.2) is 21.6 Å². The molecule has 0 fully saturated rings. The van der Waals surface area contributed by atoms with E-state index in [1.165, 1.54) is 51.0 Å². The van der Waals surface area contributed by atoms with Crippen LogP contribution >= 0.6 is 0 Å². The van der Waals surface area contributed by atoms with Gasteiger partial charge in [0.25, 0.3) is 0 Å². The summed E-state index contributed by atoms with van der Waals surface area (Å²) in [7, 11) is -4.22. The first kappa shape index (κ1) is 18.2. The molecule has 122 valence electrons. The molecule has 4 nitrogen and oxygen atoms in total. The van der Waals surface area contributed by atoms with Gasteiger partial charge in [-0.05, 0) is 18.6 Å². The van der Waals surface area contributed by atoms with Gasteiger partial charge in [-0.15, -0.1) is 0 Å². The Morgan fingerprint density at radius 3 is 2.14 bits per heavy atom. The highest BCUT2D eigenvalue weighted by atomic mass is 32.2. The van der Waals surface area contributed by atoms with Crippen molar-refractivity contribution in [2.75, 3.05) is 0 Å². The van der Waals surface area contributed by atoms with Crippen molar-refractivity contribution >= 4 is 10.1 Å². The van der Waals surface area contributed by atoms with Gasteiger partial charge in [-0.2, -0.15) is 8.42 Å². The van der Waals surface area contributed by atoms with Crippen LogP contribution < -0.4 is 0 Å². The Hall–Kier alpha value is -0.810.